The largest absolute Gasteiger partial charge is 0.396 e. The van der Waals surface area contributed by atoms with Crippen LogP contribution in [0.25, 0.3) is 0 Å². The van der Waals surface area contributed by atoms with Gasteiger partial charge in [-0.1, -0.05) is 19.0 Å². The molecule has 2 saturated carbocycles. The van der Waals surface area contributed by atoms with Gasteiger partial charge in [-0.25, -0.2) is 0 Å². The second-order valence-electron chi connectivity index (χ2n) is 7.85. The molecule has 7 nitrogen and oxygen atoms in total. The lowest BCUT2D eigenvalue weighted by molar-refractivity contribution is -0.141. The van der Waals surface area contributed by atoms with Gasteiger partial charge in [0.2, 0.25) is 11.8 Å². The van der Waals surface area contributed by atoms with Crippen LogP contribution in [0.5, 0.6) is 0 Å². The molecule has 3 rings (SSSR count). The Morgan fingerprint density at radius 1 is 1.20 bits per heavy atom. The molecule has 7 heteroatoms. The Morgan fingerprint density at radius 2 is 1.88 bits per heavy atom. The molecule has 6 atom stereocenters. The normalized spacial score (nSPS) is 39.8. The number of rotatable bonds is 4. The molecule has 0 aromatic rings. The summed E-state index contributed by atoms with van der Waals surface area (Å²) in [6.07, 6.45) is -0.470. The number of nitrogens with zero attached hydrogens (tertiary/aromatic N) is 2. The van der Waals surface area contributed by atoms with Gasteiger partial charge in [-0.3, -0.25) is 14.5 Å². The lowest BCUT2D eigenvalue weighted by Crippen LogP contribution is -2.54. The van der Waals surface area contributed by atoms with Crippen LogP contribution in [-0.2, 0) is 14.4 Å². The summed E-state index contributed by atoms with van der Waals surface area (Å²) in [4.78, 5) is 31.9. The van der Waals surface area contributed by atoms with Crippen molar-refractivity contribution < 1.29 is 24.6 Å². The molecule has 3 aliphatic rings. The summed E-state index contributed by atoms with van der Waals surface area (Å²) < 4.78 is 0. The van der Waals surface area contributed by atoms with Crippen molar-refractivity contribution >= 4 is 17.5 Å². The van der Waals surface area contributed by atoms with Crippen LogP contribution in [0.15, 0.2) is 5.16 Å². The molecule has 2 aliphatic carbocycles. The molecular weight excluding hydrogens is 324 g/mol. The predicted molar refractivity (Wildman–Crippen MR) is 90.4 cm³/mol. The molecule has 1 aliphatic heterocycles. The van der Waals surface area contributed by atoms with E-state index in [4.69, 9.17) is 4.84 Å². The second-order valence-corrected chi connectivity index (χ2v) is 7.85. The Morgan fingerprint density at radius 3 is 2.52 bits per heavy atom. The summed E-state index contributed by atoms with van der Waals surface area (Å²) in [5.41, 5.74) is 0.706. The molecule has 25 heavy (non-hydrogen) atoms. The number of carbonyl (C=O) groups excluding carboxylic acids is 2. The maximum Gasteiger partial charge on any atom is 0.233 e. The summed E-state index contributed by atoms with van der Waals surface area (Å²) in [6, 6.07) is 0. The van der Waals surface area contributed by atoms with Crippen molar-refractivity contribution in [2.45, 2.75) is 52.2 Å². The number of hydrogen-bond acceptors (Lipinski definition) is 6. The van der Waals surface area contributed by atoms with Crippen molar-refractivity contribution in [1.82, 2.24) is 4.90 Å². The van der Waals surface area contributed by atoms with E-state index in [9.17, 15) is 19.8 Å². The van der Waals surface area contributed by atoms with Gasteiger partial charge in [0, 0.05) is 24.8 Å². The van der Waals surface area contributed by atoms with Crippen molar-refractivity contribution in [3.8, 4) is 0 Å². The minimum Gasteiger partial charge on any atom is -0.396 e. The van der Waals surface area contributed by atoms with Crippen LogP contribution in [0, 0.1) is 29.6 Å². The second kappa shape index (κ2) is 7.03. The number of carbonyl (C=O) groups is 2. The molecule has 0 aromatic heterocycles. The molecule has 1 saturated heterocycles. The molecule has 0 unspecified atom stereocenters. The van der Waals surface area contributed by atoms with Gasteiger partial charge < -0.3 is 15.1 Å². The Kier molecular flexibility index (Phi) is 5.16. The highest BCUT2D eigenvalue weighted by molar-refractivity contribution is 6.06. The molecular formula is C18H28N2O5. The minimum atomic E-state index is -1.02. The Bertz CT molecular complexity index is 576. The summed E-state index contributed by atoms with van der Waals surface area (Å²) in [5, 5.41) is 25.1. The van der Waals surface area contributed by atoms with E-state index in [-0.39, 0.29) is 30.1 Å². The zero-order valence-corrected chi connectivity index (χ0v) is 15.1. The van der Waals surface area contributed by atoms with Gasteiger partial charge in [-0.05, 0) is 25.7 Å². The third-order valence-corrected chi connectivity index (χ3v) is 5.78. The van der Waals surface area contributed by atoms with E-state index in [1.807, 2.05) is 13.8 Å². The first-order chi connectivity index (χ1) is 11.9. The smallest absolute Gasteiger partial charge is 0.233 e. The molecule has 2 amide bonds. The average molecular weight is 352 g/mol. The predicted octanol–water partition coefficient (Wildman–Crippen LogP) is 0.788. The van der Waals surface area contributed by atoms with Gasteiger partial charge in [-0.2, -0.15) is 0 Å². The molecule has 0 radical (unpaired) electrons. The van der Waals surface area contributed by atoms with Crippen LogP contribution in [0.4, 0.5) is 0 Å². The quantitative estimate of drug-likeness (QED) is 0.576. The lowest BCUT2D eigenvalue weighted by Gasteiger charge is -2.45. The Hall–Kier alpha value is -1.47. The van der Waals surface area contributed by atoms with E-state index in [2.05, 4.69) is 5.16 Å². The molecule has 0 aromatic carbocycles. The molecule has 0 spiro atoms. The summed E-state index contributed by atoms with van der Waals surface area (Å²) in [5.74, 6) is -1.57. The van der Waals surface area contributed by atoms with E-state index in [1.165, 1.54) is 4.90 Å². The molecule has 1 heterocycles. The molecule has 3 fully saturated rings. The summed E-state index contributed by atoms with van der Waals surface area (Å²) >= 11 is 0. The Labute approximate surface area is 148 Å². The zero-order chi connectivity index (χ0) is 18.3. The Balaban J connectivity index is 1.88. The van der Waals surface area contributed by atoms with E-state index in [1.54, 1.807) is 6.92 Å². The number of aliphatic hydroxyl groups is 2. The summed E-state index contributed by atoms with van der Waals surface area (Å²) in [6.45, 7) is 6.65. The fourth-order valence-corrected chi connectivity index (χ4v) is 4.62. The highest BCUT2D eigenvalue weighted by atomic mass is 16.6. The fraction of sp³-hybridized carbons (Fsp3) is 0.833. The number of imide groups is 1. The number of amides is 2. The molecule has 2 N–H and O–H groups in total. The van der Waals surface area contributed by atoms with E-state index >= 15 is 0 Å². The van der Waals surface area contributed by atoms with Crippen molar-refractivity contribution in [3.05, 3.63) is 0 Å². The first-order valence-electron chi connectivity index (χ1n) is 9.26. The molecule has 140 valence electrons. The highest BCUT2D eigenvalue weighted by Gasteiger charge is 2.59. The zero-order valence-electron chi connectivity index (χ0n) is 15.1. The highest BCUT2D eigenvalue weighted by Crippen LogP contribution is 2.49. The van der Waals surface area contributed by atoms with Gasteiger partial charge in [0.05, 0.1) is 29.8 Å². The van der Waals surface area contributed by atoms with E-state index in [0.29, 0.717) is 37.6 Å². The van der Waals surface area contributed by atoms with Crippen LogP contribution in [0.1, 0.15) is 40.0 Å². The SMILES string of the molecule is CCN1C(=O)[C@H]2[C@H]3[C@H](O)[C@H](O)CC(=NOCC(C)C)[C@H]3CC[C@H]2C1=O. The number of fused-ring (bicyclic) bond motifs is 3. The maximum atomic E-state index is 12.7. The third kappa shape index (κ3) is 3.08. The monoisotopic (exact) mass is 352 g/mol. The average Bonchev–Trinajstić information content (AvgIpc) is 2.82. The minimum absolute atomic E-state index is 0.125. The maximum absolute atomic E-state index is 12.7. The summed E-state index contributed by atoms with van der Waals surface area (Å²) in [7, 11) is 0. The first-order valence-corrected chi connectivity index (χ1v) is 9.26. The topological polar surface area (TPSA) is 99.4 Å². The standard InChI is InChI=1S/C18H28N2O5/c1-4-20-17(23)11-6-5-10-12(19-25-8-9(2)3)7-13(21)16(22)14(10)15(11)18(20)24/h9-11,13-16,21-22H,4-8H2,1-3H3/t10-,11-,13-,14+,15-,16-/m1/s1. The van der Waals surface area contributed by atoms with Crippen molar-refractivity contribution in [3.63, 3.8) is 0 Å². The van der Waals surface area contributed by atoms with E-state index in [0.717, 1.165) is 0 Å². The van der Waals surface area contributed by atoms with Gasteiger partial charge in [0.25, 0.3) is 0 Å². The van der Waals surface area contributed by atoms with Crippen LogP contribution in [0.2, 0.25) is 0 Å². The van der Waals surface area contributed by atoms with E-state index < -0.39 is 24.0 Å². The van der Waals surface area contributed by atoms with Crippen LogP contribution < -0.4 is 0 Å². The van der Waals surface area contributed by atoms with Gasteiger partial charge in [0.1, 0.15) is 6.61 Å². The third-order valence-electron chi connectivity index (χ3n) is 5.78. The van der Waals surface area contributed by atoms with Crippen LogP contribution in [0.3, 0.4) is 0 Å². The van der Waals surface area contributed by atoms with Crippen molar-refractivity contribution in [1.29, 1.82) is 0 Å². The first kappa shape index (κ1) is 18.3. The van der Waals surface area contributed by atoms with Crippen LogP contribution in [-0.4, -0.2) is 58.0 Å². The molecule has 0 bridgehead atoms. The number of aliphatic hydroxyl groups excluding tert-OH is 2. The van der Waals surface area contributed by atoms with Gasteiger partial charge >= 0.3 is 0 Å². The van der Waals surface area contributed by atoms with Crippen LogP contribution >= 0.6 is 0 Å². The number of oxime groups is 1. The van der Waals surface area contributed by atoms with Crippen molar-refractivity contribution in [2.75, 3.05) is 13.2 Å². The van der Waals surface area contributed by atoms with Gasteiger partial charge in [0.15, 0.2) is 0 Å². The number of likely N-dealkylation sites (tertiary alicyclic amines) is 1. The van der Waals surface area contributed by atoms with Gasteiger partial charge in [-0.15, -0.1) is 0 Å². The lowest BCUT2D eigenvalue weighted by atomic mass is 9.60. The van der Waals surface area contributed by atoms with Crippen molar-refractivity contribution in [2.24, 2.45) is 34.7 Å². The fourth-order valence-electron chi connectivity index (χ4n) is 4.62. The number of hydrogen-bond donors (Lipinski definition) is 2.